The Morgan fingerprint density at radius 2 is 1.77 bits per heavy atom. The van der Waals surface area contributed by atoms with Crippen LogP contribution >= 0.6 is 27.5 Å². The fourth-order valence-electron chi connectivity index (χ4n) is 3.87. The van der Waals surface area contributed by atoms with Crippen molar-refractivity contribution in [3.63, 3.8) is 0 Å². The van der Waals surface area contributed by atoms with Crippen molar-refractivity contribution in [1.29, 1.82) is 0 Å². The number of methoxy groups -OCH3 is 1. The minimum Gasteiger partial charge on any atom is -0.495 e. The van der Waals surface area contributed by atoms with Gasteiger partial charge in [0.25, 0.3) is 10.0 Å². The number of anilines is 1. The smallest absolute Gasteiger partial charge is 0.264 e. The molecule has 0 radical (unpaired) electrons. The first kappa shape index (κ1) is 30.5. The van der Waals surface area contributed by atoms with E-state index in [0.717, 1.165) is 20.8 Å². The lowest BCUT2D eigenvalue weighted by Gasteiger charge is -2.32. The van der Waals surface area contributed by atoms with Crippen LogP contribution in [0.5, 0.6) is 5.75 Å². The molecule has 0 heterocycles. The molecule has 3 aromatic rings. The average Bonchev–Trinajstić information content (AvgIpc) is 2.93. The number of halogens is 2. The molecule has 11 heteroatoms. The minimum absolute atomic E-state index is 0.0111. The number of hydrogen-bond donors (Lipinski definition) is 1. The number of carbonyl (C=O) groups excluding carboxylic acids is 2. The van der Waals surface area contributed by atoms with Gasteiger partial charge in [0.15, 0.2) is 0 Å². The molecule has 0 saturated carbocycles. The molecule has 2 amide bonds. The maximum Gasteiger partial charge on any atom is 0.264 e. The molecule has 3 rings (SSSR count). The molecule has 0 bridgehead atoms. The van der Waals surface area contributed by atoms with Crippen molar-refractivity contribution in [2.75, 3.05) is 24.5 Å². The lowest BCUT2D eigenvalue weighted by molar-refractivity contribution is -0.139. The van der Waals surface area contributed by atoms with Crippen LogP contribution < -0.4 is 14.4 Å². The summed E-state index contributed by atoms with van der Waals surface area (Å²) >= 11 is 9.77. The van der Waals surface area contributed by atoms with E-state index in [0.29, 0.717) is 12.3 Å². The van der Waals surface area contributed by atoms with Gasteiger partial charge in [-0.1, -0.05) is 64.8 Å². The third-order valence-electron chi connectivity index (χ3n) is 5.99. The number of nitrogens with one attached hydrogen (secondary N) is 1. The van der Waals surface area contributed by atoms with Crippen molar-refractivity contribution in [3.8, 4) is 5.75 Å². The normalized spacial score (nSPS) is 11.9. The summed E-state index contributed by atoms with van der Waals surface area (Å²) in [6.45, 7) is 3.56. The van der Waals surface area contributed by atoms with E-state index in [9.17, 15) is 18.0 Å². The first-order valence-corrected chi connectivity index (χ1v) is 14.9. The standard InChI is InChI=1S/C28H31BrClN3O5S/c1-4-15-31-28(35)20(2)32(18-21-9-8-10-22(29)16-21)27(34)19-33(23-13-14-26(38-3)25(30)17-23)39(36,37)24-11-6-5-7-12-24/h5-14,16-17,20H,4,15,18-19H2,1-3H3,(H,31,35). The zero-order valence-electron chi connectivity index (χ0n) is 21.9. The molecule has 0 fully saturated rings. The van der Waals surface area contributed by atoms with Crippen LogP contribution in [0.2, 0.25) is 5.02 Å². The van der Waals surface area contributed by atoms with Gasteiger partial charge >= 0.3 is 0 Å². The Morgan fingerprint density at radius 1 is 1.05 bits per heavy atom. The van der Waals surface area contributed by atoms with Gasteiger partial charge in [0.2, 0.25) is 11.8 Å². The second kappa shape index (κ2) is 13.8. The molecule has 1 N–H and O–H groups in total. The SMILES string of the molecule is CCCNC(=O)C(C)N(Cc1cccc(Br)c1)C(=O)CN(c1ccc(OC)c(Cl)c1)S(=O)(=O)c1ccccc1. The molecule has 0 spiro atoms. The van der Waals surface area contributed by atoms with Crippen LogP contribution in [0.1, 0.15) is 25.8 Å². The Bertz CT molecular complexity index is 1410. The van der Waals surface area contributed by atoms with E-state index in [1.54, 1.807) is 25.1 Å². The van der Waals surface area contributed by atoms with Gasteiger partial charge in [0.05, 0.1) is 22.7 Å². The number of benzene rings is 3. The van der Waals surface area contributed by atoms with Crippen molar-refractivity contribution in [1.82, 2.24) is 10.2 Å². The molecule has 0 aromatic heterocycles. The Morgan fingerprint density at radius 3 is 2.38 bits per heavy atom. The van der Waals surface area contributed by atoms with Gasteiger partial charge in [-0.25, -0.2) is 8.42 Å². The van der Waals surface area contributed by atoms with Crippen LogP contribution in [0.4, 0.5) is 5.69 Å². The van der Waals surface area contributed by atoms with Gasteiger partial charge in [0, 0.05) is 17.6 Å². The third kappa shape index (κ3) is 7.74. The van der Waals surface area contributed by atoms with Gasteiger partial charge in [-0.05, 0) is 61.4 Å². The summed E-state index contributed by atoms with van der Waals surface area (Å²) in [5.41, 5.74) is 0.960. The number of rotatable bonds is 12. The lowest BCUT2D eigenvalue weighted by Crippen LogP contribution is -2.51. The van der Waals surface area contributed by atoms with Gasteiger partial charge in [-0.2, -0.15) is 0 Å². The molecule has 1 unspecified atom stereocenters. The van der Waals surface area contributed by atoms with Crippen LogP contribution in [-0.4, -0.2) is 51.4 Å². The van der Waals surface area contributed by atoms with Gasteiger partial charge in [-0.3, -0.25) is 13.9 Å². The summed E-state index contributed by atoms with van der Waals surface area (Å²) in [6.07, 6.45) is 0.735. The van der Waals surface area contributed by atoms with Crippen molar-refractivity contribution in [3.05, 3.63) is 87.9 Å². The summed E-state index contributed by atoms with van der Waals surface area (Å²) in [5, 5.41) is 3.01. The zero-order chi connectivity index (χ0) is 28.6. The number of hydrogen-bond acceptors (Lipinski definition) is 5. The maximum atomic E-state index is 13.9. The van der Waals surface area contributed by atoms with Crippen LogP contribution in [0.25, 0.3) is 0 Å². The molecule has 1 atom stereocenters. The molecule has 208 valence electrons. The van der Waals surface area contributed by atoms with Crippen molar-refractivity contribution >= 4 is 55.1 Å². The summed E-state index contributed by atoms with van der Waals surface area (Å²) < 4.78 is 34.6. The second-order valence-corrected chi connectivity index (χ2v) is 11.9. The predicted molar refractivity (Wildman–Crippen MR) is 156 cm³/mol. The van der Waals surface area contributed by atoms with E-state index in [1.165, 1.54) is 42.3 Å². The Hall–Kier alpha value is -3.08. The fraction of sp³-hybridized carbons (Fsp3) is 0.286. The summed E-state index contributed by atoms with van der Waals surface area (Å²) in [5.74, 6) is -0.521. The number of carbonyl (C=O) groups is 2. The molecule has 39 heavy (non-hydrogen) atoms. The van der Waals surface area contributed by atoms with Crippen LogP contribution in [0, 0.1) is 0 Å². The van der Waals surface area contributed by atoms with Crippen LogP contribution in [0.15, 0.2) is 82.2 Å². The molecular weight excluding hydrogens is 606 g/mol. The monoisotopic (exact) mass is 635 g/mol. The summed E-state index contributed by atoms with van der Waals surface area (Å²) in [6, 6.07) is 18.8. The predicted octanol–water partition coefficient (Wildman–Crippen LogP) is 5.25. The largest absolute Gasteiger partial charge is 0.495 e. The van der Waals surface area contributed by atoms with Crippen molar-refractivity contribution < 1.29 is 22.7 Å². The Kier molecular flexibility index (Phi) is 10.8. The van der Waals surface area contributed by atoms with Crippen LogP contribution in [0.3, 0.4) is 0 Å². The number of ether oxygens (including phenoxy) is 1. The van der Waals surface area contributed by atoms with E-state index < -0.39 is 28.5 Å². The minimum atomic E-state index is -4.18. The molecule has 0 aliphatic carbocycles. The molecule has 0 saturated heterocycles. The van der Waals surface area contributed by atoms with Crippen molar-refractivity contribution in [2.24, 2.45) is 0 Å². The Labute approximate surface area is 243 Å². The Balaban J connectivity index is 2.04. The second-order valence-electron chi connectivity index (χ2n) is 8.76. The molecule has 3 aromatic carbocycles. The lowest BCUT2D eigenvalue weighted by atomic mass is 10.1. The molecule has 8 nitrogen and oxygen atoms in total. The van der Waals surface area contributed by atoms with E-state index in [1.807, 2.05) is 31.2 Å². The third-order valence-corrected chi connectivity index (χ3v) is 8.57. The quantitative estimate of drug-likeness (QED) is 0.293. The highest BCUT2D eigenvalue weighted by Crippen LogP contribution is 2.32. The zero-order valence-corrected chi connectivity index (χ0v) is 25.1. The summed E-state index contributed by atoms with van der Waals surface area (Å²) in [4.78, 5) is 28.2. The molecule has 0 aliphatic rings. The van der Waals surface area contributed by atoms with E-state index in [-0.39, 0.29) is 28.1 Å². The van der Waals surface area contributed by atoms with Gasteiger partial charge < -0.3 is 15.0 Å². The topological polar surface area (TPSA) is 96.0 Å². The number of sulfonamides is 1. The average molecular weight is 637 g/mol. The maximum absolute atomic E-state index is 13.9. The van der Waals surface area contributed by atoms with Crippen LogP contribution in [-0.2, 0) is 26.2 Å². The highest BCUT2D eigenvalue weighted by Gasteiger charge is 2.32. The summed E-state index contributed by atoms with van der Waals surface area (Å²) in [7, 11) is -2.73. The number of nitrogens with zero attached hydrogens (tertiary/aromatic N) is 2. The number of amides is 2. The molecular formula is C28H31BrClN3O5S. The fourth-order valence-corrected chi connectivity index (χ4v) is 6.00. The highest BCUT2D eigenvalue weighted by atomic mass is 79.9. The first-order valence-electron chi connectivity index (χ1n) is 12.3. The van der Waals surface area contributed by atoms with Gasteiger partial charge in [0.1, 0.15) is 18.3 Å². The van der Waals surface area contributed by atoms with Gasteiger partial charge in [-0.15, -0.1) is 0 Å². The van der Waals surface area contributed by atoms with E-state index >= 15 is 0 Å². The van der Waals surface area contributed by atoms with E-state index in [4.69, 9.17) is 16.3 Å². The molecule has 0 aliphatic heterocycles. The van der Waals surface area contributed by atoms with Crippen molar-refractivity contribution in [2.45, 2.75) is 37.8 Å². The highest BCUT2D eigenvalue weighted by molar-refractivity contribution is 9.10. The van der Waals surface area contributed by atoms with E-state index in [2.05, 4.69) is 21.2 Å². The first-order chi connectivity index (χ1) is 18.6.